The van der Waals surface area contributed by atoms with Crippen molar-refractivity contribution in [1.29, 1.82) is 0 Å². The zero-order valence-electron chi connectivity index (χ0n) is 22.1. The van der Waals surface area contributed by atoms with Crippen LogP contribution in [0.1, 0.15) is 0 Å². The number of hydrogen-bond donors (Lipinski definition) is 0. The molecule has 0 saturated carbocycles. The molecule has 0 spiro atoms. The molecule has 190 valence electrons. The van der Waals surface area contributed by atoms with Crippen LogP contribution in [0.5, 0.6) is 0 Å². The van der Waals surface area contributed by atoms with Gasteiger partial charge >= 0.3 is 0 Å². The van der Waals surface area contributed by atoms with Crippen molar-refractivity contribution in [1.82, 2.24) is 4.98 Å². The van der Waals surface area contributed by atoms with Gasteiger partial charge in [0, 0.05) is 27.1 Å². The molecule has 0 fully saturated rings. The van der Waals surface area contributed by atoms with Crippen molar-refractivity contribution in [3.63, 3.8) is 0 Å². The molecular formula is C39H23NO. The quantitative estimate of drug-likeness (QED) is 0.211. The summed E-state index contributed by atoms with van der Waals surface area (Å²) >= 11 is 0. The minimum Gasteiger partial charge on any atom is -0.456 e. The Hall–Kier alpha value is -5.47. The van der Waals surface area contributed by atoms with E-state index in [1.54, 1.807) is 0 Å². The second-order valence-electron chi connectivity index (χ2n) is 10.7. The molecule has 2 heteroatoms. The lowest BCUT2D eigenvalue weighted by molar-refractivity contribution is 0.669. The Morgan fingerprint density at radius 2 is 1.05 bits per heavy atom. The van der Waals surface area contributed by atoms with E-state index < -0.39 is 0 Å². The Balaban J connectivity index is 1.27. The van der Waals surface area contributed by atoms with Crippen LogP contribution in [-0.4, -0.2) is 4.98 Å². The third kappa shape index (κ3) is 3.34. The van der Waals surface area contributed by atoms with Crippen molar-refractivity contribution in [3.8, 4) is 22.4 Å². The Kier molecular flexibility index (Phi) is 4.64. The van der Waals surface area contributed by atoms with Crippen LogP contribution in [0.15, 0.2) is 144 Å². The van der Waals surface area contributed by atoms with Gasteiger partial charge in [0.15, 0.2) is 0 Å². The number of furan rings is 1. The predicted molar refractivity (Wildman–Crippen MR) is 172 cm³/mol. The van der Waals surface area contributed by atoms with Crippen LogP contribution in [0.3, 0.4) is 0 Å². The Bertz CT molecular complexity index is 2470. The lowest BCUT2D eigenvalue weighted by Gasteiger charge is -2.13. The van der Waals surface area contributed by atoms with E-state index in [1.165, 1.54) is 38.1 Å². The zero-order chi connectivity index (χ0) is 26.9. The van der Waals surface area contributed by atoms with E-state index in [0.717, 1.165) is 49.5 Å². The smallest absolute Gasteiger partial charge is 0.136 e. The van der Waals surface area contributed by atoms with Gasteiger partial charge in [-0.1, -0.05) is 109 Å². The number of nitrogens with zero attached hydrogens (tertiary/aromatic N) is 1. The summed E-state index contributed by atoms with van der Waals surface area (Å²) in [6.45, 7) is 0. The molecule has 0 radical (unpaired) electrons. The van der Waals surface area contributed by atoms with E-state index in [4.69, 9.17) is 9.40 Å². The third-order valence-electron chi connectivity index (χ3n) is 8.44. The second kappa shape index (κ2) is 8.51. The average Bonchev–Trinajstić information content (AvgIpc) is 3.41. The molecule has 0 unspecified atom stereocenters. The molecule has 9 rings (SSSR count). The van der Waals surface area contributed by atoms with Crippen LogP contribution in [0.25, 0.3) is 87.5 Å². The van der Waals surface area contributed by atoms with Gasteiger partial charge in [-0.15, -0.1) is 0 Å². The maximum atomic E-state index is 6.29. The first kappa shape index (κ1) is 22.4. The monoisotopic (exact) mass is 521 g/mol. The predicted octanol–water partition coefficient (Wildman–Crippen LogP) is 10.9. The summed E-state index contributed by atoms with van der Waals surface area (Å²) < 4.78 is 6.29. The molecular weight excluding hydrogens is 498 g/mol. The molecule has 2 nitrogen and oxygen atoms in total. The SMILES string of the molecule is c1ccc2c(c1)cc(-c1ccc(-c3nc4ccccc4c4cc5c(cc34)oc3ccccc35)cc1)c1ccccc12. The maximum Gasteiger partial charge on any atom is 0.136 e. The van der Waals surface area contributed by atoms with Crippen LogP contribution < -0.4 is 0 Å². The standard InChI is InChI=1S/C39H23NO/c1-2-10-27-26(9-1)21-32(29-12-4-3-11-28(27)29)24-17-19-25(20-18-24)39-35-23-38-34(31-14-6-8-16-37(31)41-38)22-33(35)30-13-5-7-15-36(30)40-39/h1-23H. The van der Waals surface area contributed by atoms with Crippen molar-refractivity contribution in [2.75, 3.05) is 0 Å². The lowest BCUT2D eigenvalue weighted by Crippen LogP contribution is -1.90. The Labute approximate surface area is 236 Å². The largest absolute Gasteiger partial charge is 0.456 e. The topological polar surface area (TPSA) is 26.0 Å². The van der Waals surface area contributed by atoms with Crippen LogP contribution in [0, 0.1) is 0 Å². The number of rotatable bonds is 2. The minimum absolute atomic E-state index is 0.885. The highest BCUT2D eigenvalue weighted by Gasteiger charge is 2.16. The molecule has 41 heavy (non-hydrogen) atoms. The summed E-state index contributed by atoms with van der Waals surface area (Å²) in [4.78, 5) is 5.19. The lowest BCUT2D eigenvalue weighted by atomic mass is 9.92. The molecule has 9 aromatic rings. The van der Waals surface area contributed by atoms with Crippen molar-refractivity contribution in [3.05, 3.63) is 140 Å². The van der Waals surface area contributed by atoms with Gasteiger partial charge in [-0.05, 0) is 68.4 Å². The van der Waals surface area contributed by atoms with Crippen LogP contribution in [0.4, 0.5) is 0 Å². The summed E-state index contributed by atoms with van der Waals surface area (Å²) in [6.07, 6.45) is 0. The molecule has 0 saturated heterocycles. The van der Waals surface area contributed by atoms with E-state index >= 15 is 0 Å². The van der Waals surface area contributed by atoms with E-state index in [0.29, 0.717) is 0 Å². The molecule has 0 aliphatic heterocycles. The summed E-state index contributed by atoms with van der Waals surface area (Å²) in [6, 6.07) is 49.6. The van der Waals surface area contributed by atoms with Crippen molar-refractivity contribution >= 4 is 65.2 Å². The molecule has 0 aliphatic rings. The number of benzene rings is 7. The van der Waals surface area contributed by atoms with E-state index in [-0.39, 0.29) is 0 Å². The van der Waals surface area contributed by atoms with E-state index in [1.807, 2.05) is 12.1 Å². The summed E-state index contributed by atoms with van der Waals surface area (Å²) in [5.41, 5.74) is 7.28. The Morgan fingerprint density at radius 3 is 1.90 bits per heavy atom. The van der Waals surface area contributed by atoms with Crippen molar-refractivity contribution in [2.24, 2.45) is 0 Å². The third-order valence-corrected chi connectivity index (χ3v) is 8.44. The van der Waals surface area contributed by atoms with Crippen LogP contribution in [-0.2, 0) is 0 Å². The zero-order valence-corrected chi connectivity index (χ0v) is 22.1. The highest BCUT2D eigenvalue weighted by Crippen LogP contribution is 2.40. The highest BCUT2D eigenvalue weighted by molar-refractivity contribution is 6.19. The normalized spacial score (nSPS) is 11.9. The molecule has 2 aromatic heterocycles. The molecule has 0 bridgehead atoms. The fraction of sp³-hybridized carbons (Fsp3) is 0. The van der Waals surface area contributed by atoms with E-state index in [9.17, 15) is 0 Å². The number of pyridine rings is 1. The summed E-state index contributed by atoms with van der Waals surface area (Å²) in [5.74, 6) is 0. The molecule has 7 aromatic carbocycles. The fourth-order valence-electron chi connectivity index (χ4n) is 6.49. The summed E-state index contributed by atoms with van der Waals surface area (Å²) in [5, 5.41) is 10.8. The Morgan fingerprint density at radius 1 is 0.390 bits per heavy atom. The molecule has 2 heterocycles. The average molecular weight is 522 g/mol. The van der Waals surface area contributed by atoms with Gasteiger partial charge in [0.25, 0.3) is 0 Å². The fourth-order valence-corrected chi connectivity index (χ4v) is 6.49. The molecule has 0 amide bonds. The number of aromatic nitrogens is 1. The van der Waals surface area contributed by atoms with Gasteiger partial charge in [-0.3, -0.25) is 0 Å². The highest BCUT2D eigenvalue weighted by atomic mass is 16.3. The van der Waals surface area contributed by atoms with Gasteiger partial charge in [0.1, 0.15) is 11.2 Å². The van der Waals surface area contributed by atoms with Crippen LogP contribution >= 0.6 is 0 Å². The van der Waals surface area contributed by atoms with Gasteiger partial charge in [0.2, 0.25) is 0 Å². The van der Waals surface area contributed by atoms with E-state index in [2.05, 4.69) is 127 Å². The first-order valence-corrected chi connectivity index (χ1v) is 14.0. The van der Waals surface area contributed by atoms with Crippen molar-refractivity contribution in [2.45, 2.75) is 0 Å². The van der Waals surface area contributed by atoms with Gasteiger partial charge in [0.05, 0.1) is 11.2 Å². The first-order valence-electron chi connectivity index (χ1n) is 14.0. The van der Waals surface area contributed by atoms with Crippen LogP contribution in [0.2, 0.25) is 0 Å². The molecule has 0 aliphatic carbocycles. The number of fused-ring (bicyclic) bond motifs is 9. The number of hydrogen-bond acceptors (Lipinski definition) is 2. The molecule has 0 N–H and O–H groups in total. The maximum absolute atomic E-state index is 6.29. The first-order chi connectivity index (χ1) is 20.3. The van der Waals surface area contributed by atoms with Crippen molar-refractivity contribution < 1.29 is 4.42 Å². The molecule has 0 atom stereocenters. The van der Waals surface area contributed by atoms with Gasteiger partial charge in [-0.25, -0.2) is 4.98 Å². The van der Waals surface area contributed by atoms with Gasteiger partial charge in [-0.2, -0.15) is 0 Å². The summed E-state index contributed by atoms with van der Waals surface area (Å²) in [7, 11) is 0. The minimum atomic E-state index is 0.885. The second-order valence-corrected chi connectivity index (χ2v) is 10.7. The van der Waals surface area contributed by atoms with Gasteiger partial charge < -0.3 is 4.42 Å². The number of para-hydroxylation sites is 2.